The molecule has 17 heavy (non-hydrogen) atoms. The number of hydrogen-bond donors (Lipinski definition) is 1. The van der Waals surface area contributed by atoms with Crippen LogP contribution in [0.15, 0.2) is 23.1 Å². The van der Waals surface area contributed by atoms with E-state index in [-0.39, 0.29) is 0 Å². The number of thioether (sulfide) groups is 1. The molecule has 1 atom stereocenters. The Kier molecular flexibility index (Phi) is 3.93. The molecule has 1 aromatic carbocycles. The molecule has 2 rings (SSSR count). The Bertz CT molecular complexity index is 439. The van der Waals surface area contributed by atoms with Gasteiger partial charge in [-0.15, -0.1) is 11.8 Å². The zero-order valence-electron chi connectivity index (χ0n) is 10.2. The van der Waals surface area contributed by atoms with Gasteiger partial charge in [-0.05, 0) is 25.3 Å². The largest absolute Gasteiger partial charge is 0.368 e. The lowest BCUT2D eigenvalue weighted by molar-refractivity contribution is 0.484. The molecule has 4 heteroatoms. The lowest BCUT2D eigenvalue weighted by Gasteiger charge is -2.34. The smallest absolute Gasteiger partial charge is 0.103 e. The van der Waals surface area contributed by atoms with Gasteiger partial charge >= 0.3 is 0 Å². The summed E-state index contributed by atoms with van der Waals surface area (Å²) in [6.07, 6.45) is 2.01. The summed E-state index contributed by atoms with van der Waals surface area (Å²) < 4.78 is 0. The van der Waals surface area contributed by atoms with E-state index in [0.717, 1.165) is 35.8 Å². The molecule has 0 amide bonds. The Morgan fingerprint density at radius 1 is 1.53 bits per heavy atom. The topological polar surface area (TPSA) is 39.1 Å². The van der Waals surface area contributed by atoms with Crippen molar-refractivity contribution in [2.45, 2.75) is 17.9 Å². The van der Waals surface area contributed by atoms with Crippen molar-refractivity contribution in [3.05, 3.63) is 23.8 Å². The number of anilines is 1. The Morgan fingerprint density at radius 2 is 2.35 bits per heavy atom. The summed E-state index contributed by atoms with van der Waals surface area (Å²) in [5.41, 5.74) is 1.89. The van der Waals surface area contributed by atoms with E-state index in [4.69, 9.17) is 0 Å². The lowest BCUT2D eigenvalue weighted by Crippen LogP contribution is -2.49. The molecule has 0 saturated carbocycles. The van der Waals surface area contributed by atoms with Crippen LogP contribution in [-0.2, 0) is 0 Å². The number of hydrogen-bond acceptors (Lipinski definition) is 4. The average Bonchev–Trinajstić information content (AvgIpc) is 2.37. The van der Waals surface area contributed by atoms with Crippen LogP contribution in [0.3, 0.4) is 0 Å². The number of piperazine rings is 1. The number of nitrogens with zero attached hydrogens (tertiary/aromatic N) is 2. The van der Waals surface area contributed by atoms with Crippen LogP contribution in [0.2, 0.25) is 0 Å². The molecule has 0 aliphatic carbocycles. The highest BCUT2D eigenvalue weighted by Gasteiger charge is 2.19. The van der Waals surface area contributed by atoms with Crippen LogP contribution in [0, 0.1) is 11.3 Å². The van der Waals surface area contributed by atoms with Crippen LogP contribution in [-0.4, -0.2) is 31.9 Å². The van der Waals surface area contributed by atoms with E-state index in [9.17, 15) is 5.26 Å². The second-order valence-electron chi connectivity index (χ2n) is 4.27. The maximum absolute atomic E-state index is 9.32. The second kappa shape index (κ2) is 5.44. The van der Waals surface area contributed by atoms with Gasteiger partial charge in [0, 0.05) is 30.6 Å². The van der Waals surface area contributed by atoms with Crippen LogP contribution in [0.4, 0.5) is 5.69 Å². The lowest BCUT2D eigenvalue weighted by atomic mass is 10.1. The average molecular weight is 247 g/mol. The number of benzene rings is 1. The maximum Gasteiger partial charge on any atom is 0.103 e. The van der Waals surface area contributed by atoms with Gasteiger partial charge in [0.25, 0.3) is 0 Å². The fourth-order valence-electron chi connectivity index (χ4n) is 2.22. The van der Waals surface area contributed by atoms with Crippen LogP contribution >= 0.6 is 11.8 Å². The van der Waals surface area contributed by atoms with E-state index in [0.29, 0.717) is 6.04 Å². The first-order valence-electron chi connectivity index (χ1n) is 5.81. The van der Waals surface area contributed by atoms with Crippen LogP contribution in [0.1, 0.15) is 12.5 Å². The Balaban J connectivity index is 2.34. The summed E-state index contributed by atoms with van der Waals surface area (Å²) >= 11 is 1.63. The van der Waals surface area contributed by atoms with Gasteiger partial charge in [-0.25, -0.2) is 0 Å². The van der Waals surface area contributed by atoms with Crippen molar-refractivity contribution in [1.29, 1.82) is 5.26 Å². The van der Waals surface area contributed by atoms with Gasteiger partial charge < -0.3 is 10.2 Å². The molecule has 0 radical (unpaired) electrons. The first-order valence-corrected chi connectivity index (χ1v) is 7.04. The number of nitrogens with one attached hydrogen (secondary N) is 1. The summed E-state index contributed by atoms with van der Waals surface area (Å²) in [7, 11) is 0. The molecular formula is C13H17N3S. The van der Waals surface area contributed by atoms with E-state index in [1.807, 2.05) is 18.4 Å². The molecule has 1 N–H and O–H groups in total. The van der Waals surface area contributed by atoms with Crippen molar-refractivity contribution in [2.24, 2.45) is 0 Å². The summed E-state index contributed by atoms with van der Waals surface area (Å²) in [6.45, 7) is 5.09. The van der Waals surface area contributed by atoms with E-state index >= 15 is 0 Å². The highest BCUT2D eigenvalue weighted by molar-refractivity contribution is 7.98. The molecule has 3 nitrogen and oxygen atoms in total. The zero-order chi connectivity index (χ0) is 12.3. The second-order valence-corrected chi connectivity index (χ2v) is 5.12. The third-order valence-corrected chi connectivity index (χ3v) is 3.83. The first kappa shape index (κ1) is 12.3. The molecule has 1 saturated heterocycles. The Hall–Kier alpha value is -1.18. The predicted molar refractivity (Wildman–Crippen MR) is 72.6 cm³/mol. The summed E-state index contributed by atoms with van der Waals surface area (Å²) in [5, 5.41) is 12.7. The molecule has 1 fully saturated rings. The molecule has 0 spiro atoms. The molecule has 1 aliphatic heterocycles. The van der Waals surface area contributed by atoms with Crippen LogP contribution in [0.5, 0.6) is 0 Å². The van der Waals surface area contributed by atoms with Crippen molar-refractivity contribution in [2.75, 3.05) is 30.8 Å². The fraction of sp³-hybridized carbons (Fsp3) is 0.462. The maximum atomic E-state index is 9.32. The minimum atomic E-state index is 0.480. The summed E-state index contributed by atoms with van der Waals surface area (Å²) in [5.74, 6) is 0. The quantitative estimate of drug-likeness (QED) is 0.812. The standard InChI is InChI=1S/C13H17N3S/c1-10-9-16(7-6-15-10)12-4-3-5-13(17-2)11(12)8-14/h3-5,10,15H,6-7,9H2,1-2H3/t10-/m0/s1. The predicted octanol–water partition coefficient (Wildman–Crippen LogP) is 2.08. The summed E-state index contributed by atoms with van der Waals surface area (Å²) in [6, 6.07) is 8.92. The van der Waals surface area contributed by atoms with E-state index in [1.165, 1.54) is 0 Å². The molecule has 1 aliphatic rings. The zero-order valence-corrected chi connectivity index (χ0v) is 11.0. The van der Waals surface area contributed by atoms with Crippen molar-refractivity contribution >= 4 is 17.4 Å². The van der Waals surface area contributed by atoms with Gasteiger partial charge in [-0.2, -0.15) is 5.26 Å². The number of rotatable bonds is 2. The van der Waals surface area contributed by atoms with Crippen LogP contribution in [0.25, 0.3) is 0 Å². The molecule has 1 heterocycles. The third-order valence-electron chi connectivity index (χ3n) is 3.05. The van der Waals surface area contributed by atoms with Crippen molar-refractivity contribution < 1.29 is 0 Å². The van der Waals surface area contributed by atoms with Gasteiger partial charge in [0.2, 0.25) is 0 Å². The molecule has 0 aromatic heterocycles. The summed E-state index contributed by atoms with van der Waals surface area (Å²) in [4.78, 5) is 3.37. The Morgan fingerprint density at radius 3 is 3.00 bits per heavy atom. The van der Waals surface area contributed by atoms with Gasteiger partial charge in [0.1, 0.15) is 6.07 Å². The van der Waals surface area contributed by atoms with Gasteiger partial charge in [-0.1, -0.05) is 6.07 Å². The third kappa shape index (κ3) is 2.56. The SMILES string of the molecule is CSc1cccc(N2CCN[C@@H](C)C2)c1C#N. The molecule has 1 aromatic rings. The normalized spacial score (nSPS) is 20.1. The van der Waals surface area contributed by atoms with E-state index in [1.54, 1.807) is 11.8 Å². The van der Waals surface area contributed by atoms with Crippen molar-refractivity contribution in [1.82, 2.24) is 5.32 Å². The molecule has 0 bridgehead atoms. The number of nitriles is 1. The van der Waals surface area contributed by atoms with E-state index < -0.39 is 0 Å². The highest BCUT2D eigenvalue weighted by atomic mass is 32.2. The van der Waals surface area contributed by atoms with Gasteiger partial charge in [-0.3, -0.25) is 0 Å². The van der Waals surface area contributed by atoms with Crippen molar-refractivity contribution in [3.8, 4) is 6.07 Å². The Labute approximate surface area is 107 Å². The highest BCUT2D eigenvalue weighted by Crippen LogP contribution is 2.29. The monoisotopic (exact) mass is 247 g/mol. The fourth-order valence-corrected chi connectivity index (χ4v) is 2.79. The van der Waals surface area contributed by atoms with Gasteiger partial charge in [0.15, 0.2) is 0 Å². The van der Waals surface area contributed by atoms with Crippen molar-refractivity contribution in [3.63, 3.8) is 0 Å². The van der Waals surface area contributed by atoms with Gasteiger partial charge in [0.05, 0.1) is 11.3 Å². The van der Waals surface area contributed by atoms with E-state index in [2.05, 4.69) is 29.3 Å². The molecule has 0 unspecified atom stereocenters. The molecule has 90 valence electrons. The first-order chi connectivity index (χ1) is 8.26. The molecular weight excluding hydrogens is 230 g/mol. The van der Waals surface area contributed by atoms with Crippen LogP contribution < -0.4 is 10.2 Å². The minimum absolute atomic E-state index is 0.480. The minimum Gasteiger partial charge on any atom is -0.368 e.